The lowest BCUT2D eigenvalue weighted by molar-refractivity contribution is 0.535. The molecule has 0 amide bonds. The van der Waals surface area contributed by atoms with Crippen LogP contribution in [0.3, 0.4) is 0 Å². The van der Waals surface area contributed by atoms with Crippen molar-refractivity contribution in [2.24, 2.45) is 5.73 Å². The van der Waals surface area contributed by atoms with Gasteiger partial charge in [-0.05, 0) is 50.9 Å². The summed E-state index contributed by atoms with van der Waals surface area (Å²) in [7, 11) is 0. The Balaban J connectivity index is 2.36. The number of rotatable bonds is 2. The highest BCUT2D eigenvalue weighted by Gasteiger charge is 2.17. The number of nitrogens with two attached hydrogens (primary N) is 1. The second kappa shape index (κ2) is 4.41. The maximum Gasteiger partial charge on any atom is 0.174 e. The minimum absolute atomic E-state index is 0.131. The van der Waals surface area contributed by atoms with Gasteiger partial charge < -0.3 is 10.2 Å². The zero-order valence-corrected chi connectivity index (χ0v) is 11.9. The van der Waals surface area contributed by atoms with Crippen LogP contribution < -0.4 is 5.73 Å². The van der Waals surface area contributed by atoms with Gasteiger partial charge in [0.25, 0.3) is 0 Å². The summed E-state index contributed by atoms with van der Waals surface area (Å²) in [5, 5.41) is 0. The Morgan fingerprint density at radius 1 is 1.47 bits per heavy atom. The molecule has 0 radical (unpaired) electrons. The number of furan rings is 1. The van der Waals surface area contributed by atoms with Gasteiger partial charge in [-0.1, -0.05) is 0 Å². The van der Waals surface area contributed by atoms with Gasteiger partial charge in [0.1, 0.15) is 0 Å². The number of hydrogen-bond acceptors (Lipinski definition) is 3. The molecule has 80 valence electrons. The lowest BCUT2D eigenvalue weighted by Gasteiger charge is -2.06. The van der Waals surface area contributed by atoms with Crippen LogP contribution in [0.1, 0.15) is 21.4 Å². The van der Waals surface area contributed by atoms with Gasteiger partial charge in [0.2, 0.25) is 0 Å². The molecule has 0 aliphatic rings. The van der Waals surface area contributed by atoms with Crippen LogP contribution in [0.15, 0.2) is 32.0 Å². The highest BCUT2D eigenvalue weighted by atomic mass is 79.9. The van der Waals surface area contributed by atoms with Crippen LogP contribution in [0.4, 0.5) is 0 Å². The van der Waals surface area contributed by atoms with Gasteiger partial charge in [0.05, 0.1) is 12.3 Å². The van der Waals surface area contributed by atoms with E-state index in [1.165, 1.54) is 4.88 Å². The van der Waals surface area contributed by atoms with Crippen molar-refractivity contribution in [2.45, 2.75) is 13.0 Å². The van der Waals surface area contributed by atoms with E-state index in [9.17, 15) is 0 Å². The molecule has 0 fully saturated rings. The minimum atomic E-state index is -0.131. The van der Waals surface area contributed by atoms with Crippen molar-refractivity contribution in [3.05, 3.63) is 42.9 Å². The minimum Gasteiger partial charge on any atom is -0.457 e. The fourth-order valence-electron chi connectivity index (χ4n) is 1.31. The lowest BCUT2D eigenvalue weighted by atomic mass is 10.1. The molecule has 5 heteroatoms. The molecule has 2 rings (SSSR count). The second-order valence-corrected chi connectivity index (χ2v) is 6.04. The zero-order chi connectivity index (χ0) is 11.0. The fraction of sp³-hybridized carbons (Fsp3) is 0.200. The Hall–Kier alpha value is -0.100. The highest BCUT2D eigenvalue weighted by Crippen LogP contribution is 2.35. The maximum atomic E-state index is 6.14. The summed E-state index contributed by atoms with van der Waals surface area (Å²) in [5.74, 6) is 0. The van der Waals surface area contributed by atoms with E-state index in [0.29, 0.717) is 4.67 Å². The molecule has 0 saturated carbocycles. The first kappa shape index (κ1) is 11.4. The van der Waals surface area contributed by atoms with Gasteiger partial charge in [-0.25, -0.2) is 0 Å². The molecule has 15 heavy (non-hydrogen) atoms. The highest BCUT2D eigenvalue weighted by molar-refractivity contribution is 9.10. The van der Waals surface area contributed by atoms with Crippen LogP contribution in [0, 0.1) is 6.92 Å². The van der Waals surface area contributed by atoms with Gasteiger partial charge in [0, 0.05) is 19.8 Å². The Morgan fingerprint density at radius 3 is 2.67 bits per heavy atom. The molecule has 2 heterocycles. The predicted molar refractivity (Wildman–Crippen MR) is 69.2 cm³/mol. The predicted octanol–water partition coefficient (Wildman–Crippen LogP) is 4.22. The van der Waals surface area contributed by atoms with Gasteiger partial charge >= 0.3 is 0 Å². The van der Waals surface area contributed by atoms with E-state index in [0.717, 1.165) is 14.9 Å². The SMILES string of the molecule is Cc1sc(C(N)c2ccoc2Br)cc1Br. The van der Waals surface area contributed by atoms with E-state index in [-0.39, 0.29) is 6.04 Å². The molecule has 0 saturated heterocycles. The van der Waals surface area contributed by atoms with Crippen molar-refractivity contribution < 1.29 is 4.42 Å². The van der Waals surface area contributed by atoms with Gasteiger partial charge in [-0.15, -0.1) is 11.3 Å². The molecule has 0 aliphatic heterocycles. The summed E-state index contributed by atoms with van der Waals surface area (Å²) in [4.78, 5) is 2.36. The van der Waals surface area contributed by atoms with Crippen LogP contribution in [-0.4, -0.2) is 0 Å². The Morgan fingerprint density at radius 2 is 2.20 bits per heavy atom. The molecule has 0 aromatic carbocycles. The van der Waals surface area contributed by atoms with Gasteiger partial charge in [-0.3, -0.25) is 0 Å². The standard InChI is InChI=1S/C10H9Br2NOS/c1-5-7(11)4-8(15-5)9(13)6-2-3-14-10(6)12/h2-4,9H,13H2,1H3. The van der Waals surface area contributed by atoms with Gasteiger partial charge in [0.15, 0.2) is 4.67 Å². The molecular formula is C10H9Br2NOS. The molecule has 1 atom stereocenters. The molecule has 0 spiro atoms. The van der Waals surface area contributed by atoms with E-state index < -0.39 is 0 Å². The fourth-order valence-corrected chi connectivity index (χ4v) is 3.38. The molecule has 1 unspecified atom stereocenters. The Bertz CT molecular complexity index is 458. The van der Waals surface area contributed by atoms with Crippen molar-refractivity contribution >= 4 is 43.2 Å². The van der Waals surface area contributed by atoms with Crippen molar-refractivity contribution in [1.29, 1.82) is 0 Å². The third kappa shape index (κ3) is 2.20. The molecular weight excluding hydrogens is 342 g/mol. The van der Waals surface area contributed by atoms with E-state index in [2.05, 4.69) is 44.8 Å². The van der Waals surface area contributed by atoms with Crippen molar-refractivity contribution in [2.75, 3.05) is 0 Å². The summed E-state index contributed by atoms with van der Waals surface area (Å²) < 4.78 is 6.99. The normalized spacial score (nSPS) is 13.1. The van der Waals surface area contributed by atoms with E-state index in [1.54, 1.807) is 17.6 Å². The van der Waals surface area contributed by atoms with Crippen LogP contribution in [-0.2, 0) is 0 Å². The molecule has 2 aromatic rings. The largest absolute Gasteiger partial charge is 0.457 e. The number of aryl methyl sites for hydroxylation is 1. The molecule has 2 aromatic heterocycles. The smallest absolute Gasteiger partial charge is 0.174 e. The van der Waals surface area contributed by atoms with E-state index in [4.69, 9.17) is 10.2 Å². The summed E-state index contributed by atoms with van der Waals surface area (Å²) in [6, 6.07) is 3.81. The van der Waals surface area contributed by atoms with Crippen LogP contribution >= 0.6 is 43.2 Å². The summed E-state index contributed by atoms with van der Waals surface area (Å²) >= 11 is 8.52. The second-order valence-electron chi connectivity index (χ2n) is 3.18. The monoisotopic (exact) mass is 349 g/mol. The quantitative estimate of drug-likeness (QED) is 0.880. The van der Waals surface area contributed by atoms with Crippen molar-refractivity contribution in [3.8, 4) is 0 Å². The topological polar surface area (TPSA) is 39.2 Å². The van der Waals surface area contributed by atoms with Gasteiger partial charge in [-0.2, -0.15) is 0 Å². The summed E-state index contributed by atoms with van der Waals surface area (Å²) in [5.41, 5.74) is 7.12. The third-order valence-electron chi connectivity index (χ3n) is 2.16. The zero-order valence-electron chi connectivity index (χ0n) is 7.96. The lowest BCUT2D eigenvalue weighted by Crippen LogP contribution is -2.09. The molecule has 2 N–H and O–H groups in total. The van der Waals surface area contributed by atoms with Crippen LogP contribution in [0.2, 0.25) is 0 Å². The summed E-state index contributed by atoms with van der Waals surface area (Å²) in [6.45, 7) is 2.06. The maximum absolute atomic E-state index is 6.14. The molecule has 2 nitrogen and oxygen atoms in total. The summed E-state index contributed by atoms with van der Waals surface area (Å²) in [6.07, 6.45) is 1.63. The number of hydrogen-bond donors (Lipinski definition) is 1. The average molecular weight is 351 g/mol. The first-order valence-electron chi connectivity index (χ1n) is 4.34. The molecule has 0 bridgehead atoms. The Labute approximate surface area is 109 Å². The molecule has 0 aliphatic carbocycles. The van der Waals surface area contributed by atoms with E-state index in [1.807, 2.05) is 6.07 Å². The van der Waals surface area contributed by atoms with Crippen LogP contribution in [0.25, 0.3) is 0 Å². The Kier molecular flexibility index (Phi) is 3.35. The first-order chi connectivity index (χ1) is 7.09. The van der Waals surface area contributed by atoms with Crippen molar-refractivity contribution in [1.82, 2.24) is 0 Å². The first-order valence-corrected chi connectivity index (χ1v) is 6.74. The van der Waals surface area contributed by atoms with Crippen LogP contribution in [0.5, 0.6) is 0 Å². The number of thiophene rings is 1. The third-order valence-corrected chi connectivity index (χ3v) is 5.03. The van der Waals surface area contributed by atoms with Crippen molar-refractivity contribution in [3.63, 3.8) is 0 Å². The average Bonchev–Trinajstić information content (AvgIpc) is 2.74. The van der Waals surface area contributed by atoms with E-state index >= 15 is 0 Å². The number of halogens is 2.